The second-order valence-electron chi connectivity index (χ2n) is 5.34. The van der Waals surface area contributed by atoms with Gasteiger partial charge >= 0.3 is 0 Å². The lowest BCUT2D eigenvalue weighted by Gasteiger charge is -2.12. The predicted molar refractivity (Wildman–Crippen MR) is 79.9 cm³/mol. The van der Waals surface area contributed by atoms with Gasteiger partial charge in [-0.2, -0.15) is 5.10 Å². The molecule has 0 saturated heterocycles. The summed E-state index contributed by atoms with van der Waals surface area (Å²) < 4.78 is 1.74. The van der Waals surface area contributed by atoms with E-state index in [9.17, 15) is 0 Å². The van der Waals surface area contributed by atoms with Crippen LogP contribution in [0.3, 0.4) is 0 Å². The Balaban J connectivity index is 1.64. The first-order valence-corrected chi connectivity index (χ1v) is 7.29. The van der Waals surface area contributed by atoms with Crippen LogP contribution in [0.4, 0.5) is 5.95 Å². The molecule has 106 valence electrons. The summed E-state index contributed by atoms with van der Waals surface area (Å²) in [6.45, 7) is 0. The normalized spacial score (nSPS) is 15.6. The minimum atomic E-state index is 0.505. The molecule has 3 aromatic heterocycles. The maximum Gasteiger partial charge on any atom is 0.223 e. The van der Waals surface area contributed by atoms with Crippen LogP contribution in [0.15, 0.2) is 36.8 Å². The van der Waals surface area contributed by atoms with Gasteiger partial charge in [0.15, 0.2) is 5.65 Å². The Hall–Kier alpha value is -2.50. The summed E-state index contributed by atoms with van der Waals surface area (Å²) in [5, 5.41) is 7.56. The SMILES string of the molecule is c1cc(-c2ccn3nccc3n2)nc(NC2CCCC2)n1. The molecule has 6 nitrogen and oxygen atoms in total. The Kier molecular flexibility index (Phi) is 2.99. The number of anilines is 1. The third-order valence-electron chi connectivity index (χ3n) is 3.86. The summed E-state index contributed by atoms with van der Waals surface area (Å²) in [5.41, 5.74) is 2.48. The fourth-order valence-corrected chi connectivity index (χ4v) is 2.78. The van der Waals surface area contributed by atoms with Gasteiger partial charge < -0.3 is 5.32 Å². The Morgan fingerprint density at radius 2 is 1.86 bits per heavy atom. The van der Waals surface area contributed by atoms with Crippen molar-refractivity contribution in [3.63, 3.8) is 0 Å². The Morgan fingerprint density at radius 3 is 2.76 bits per heavy atom. The van der Waals surface area contributed by atoms with E-state index in [1.54, 1.807) is 16.9 Å². The molecule has 0 spiro atoms. The number of aromatic nitrogens is 5. The van der Waals surface area contributed by atoms with Crippen LogP contribution < -0.4 is 5.32 Å². The highest BCUT2D eigenvalue weighted by Crippen LogP contribution is 2.22. The molecule has 0 atom stereocenters. The van der Waals surface area contributed by atoms with Crippen LogP contribution in [-0.4, -0.2) is 30.6 Å². The standard InChI is InChI=1S/C15H16N6/c1-2-4-11(3-1)18-15-16-8-5-12(20-15)13-7-10-21-14(19-13)6-9-17-21/h5-11H,1-4H2,(H,16,18,20). The lowest BCUT2D eigenvalue weighted by Crippen LogP contribution is -2.16. The van der Waals surface area contributed by atoms with Crippen molar-refractivity contribution in [2.45, 2.75) is 31.7 Å². The predicted octanol–water partition coefficient (Wildman–Crippen LogP) is 2.54. The minimum absolute atomic E-state index is 0.505. The summed E-state index contributed by atoms with van der Waals surface area (Å²) in [6, 6.07) is 6.18. The van der Waals surface area contributed by atoms with Crippen LogP contribution in [0.5, 0.6) is 0 Å². The van der Waals surface area contributed by atoms with Gasteiger partial charge in [-0.1, -0.05) is 12.8 Å². The number of nitrogens with one attached hydrogen (secondary N) is 1. The van der Waals surface area contributed by atoms with Gasteiger partial charge in [0.05, 0.1) is 17.6 Å². The lowest BCUT2D eigenvalue weighted by molar-refractivity contribution is 0.744. The van der Waals surface area contributed by atoms with E-state index in [4.69, 9.17) is 0 Å². The molecule has 3 aromatic rings. The molecule has 0 bridgehead atoms. The number of fused-ring (bicyclic) bond motifs is 1. The van der Waals surface area contributed by atoms with Crippen LogP contribution in [-0.2, 0) is 0 Å². The molecule has 1 saturated carbocycles. The highest BCUT2D eigenvalue weighted by molar-refractivity contribution is 5.58. The maximum atomic E-state index is 4.58. The van der Waals surface area contributed by atoms with Gasteiger partial charge in [0.1, 0.15) is 0 Å². The molecule has 6 heteroatoms. The van der Waals surface area contributed by atoms with E-state index in [-0.39, 0.29) is 0 Å². The first-order valence-electron chi connectivity index (χ1n) is 7.29. The molecule has 0 amide bonds. The molecular weight excluding hydrogens is 264 g/mol. The molecule has 1 N–H and O–H groups in total. The molecular formula is C15H16N6. The van der Waals surface area contributed by atoms with Crippen molar-refractivity contribution in [2.75, 3.05) is 5.32 Å². The second kappa shape index (κ2) is 5.12. The summed E-state index contributed by atoms with van der Waals surface area (Å²) >= 11 is 0. The Bertz CT molecular complexity index is 759. The van der Waals surface area contributed by atoms with Crippen molar-refractivity contribution in [2.24, 2.45) is 0 Å². The molecule has 4 rings (SSSR count). The number of nitrogens with zero attached hydrogens (tertiary/aromatic N) is 5. The minimum Gasteiger partial charge on any atom is -0.351 e. The van der Waals surface area contributed by atoms with Crippen LogP contribution >= 0.6 is 0 Å². The van der Waals surface area contributed by atoms with E-state index >= 15 is 0 Å². The maximum absolute atomic E-state index is 4.58. The van der Waals surface area contributed by atoms with E-state index < -0.39 is 0 Å². The number of hydrogen-bond acceptors (Lipinski definition) is 5. The van der Waals surface area contributed by atoms with Crippen molar-refractivity contribution in [3.05, 3.63) is 36.8 Å². The zero-order chi connectivity index (χ0) is 14.1. The van der Waals surface area contributed by atoms with E-state index in [1.807, 2.05) is 24.4 Å². The smallest absolute Gasteiger partial charge is 0.223 e. The molecule has 0 aromatic carbocycles. The average molecular weight is 280 g/mol. The van der Waals surface area contributed by atoms with E-state index in [1.165, 1.54) is 25.7 Å². The molecule has 1 fully saturated rings. The Morgan fingerprint density at radius 1 is 1.00 bits per heavy atom. The quantitative estimate of drug-likeness (QED) is 0.798. The van der Waals surface area contributed by atoms with Crippen molar-refractivity contribution >= 4 is 11.6 Å². The van der Waals surface area contributed by atoms with E-state index in [0.29, 0.717) is 12.0 Å². The highest BCUT2D eigenvalue weighted by Gasteiger charge is 2.15. The molecule has 1 aliphatic carbocycles. The summed E-state index contributed by atoms with van der Waals surface area (Å²) in [4.78, 5) is 13.5. The van der Waals surface area contributed by atoms with Gasteiger partial charge in [0.25, 0.3) is 0 Å². The van der Waals surface area contributed by atoms with E-state index in [2.05, 4.69) is 25.4 Å². The third-order valence-corrected chi connectivity index (χ3v) is 3.86. The van der Waals surface area contributed by atoms with E-state index in [0.717, 1.165) is 17.0 Å². The van der Waals surface area contributed by atoms with Crippen molar-refractivity contribution in [1.82, 2.24) is 24.6 Å². The topological polar surface area (TPSA) is 68.0 Å². The fraction of sp³-hybridized carbons (Fsp3) is 0.333. The van der Waals surface area contributed by atoms with Gasteiger partial charge in [-0.15, -0.1) is 0 Å². The Labute approximate surface area is 122 Å². The fourth-order valence-electron chi connectivity index (χ4n) is 2.78. The van der Waals surface area contributed by atoms with Gasteiger partial charge in [0.2, 0.25) is 5.95 Å². The summed E-state index contributed by atoms with van der Waals surface area (Å²) in [6.07, 6.45) is 10.4. The molecule has 21 heavy (non-hydrogen) atoms. The third kappa shape index (κ3) is 2.44. The highest BCUT2D eigenvalue weighted by atomic mass is 15.2. The van der Waals surface area contributed by atoms with Gasteiger partial charge in [-0.25, -0.2) is 19.5 Å². The first-order chi connectivity index (χ1) is 10.4. The van der Waals surface area contributed by atoms with Gasteiger partial charge in [-0.05, 0) is 25.0 Å². The van der Waals surface area contributed by atoms with Crippen molar-refractivity contribution in [1.29, 1.82) is 0 Å². The number of hydrogen-bond donors (Lipinski definition) is 1. The van der Waals surface area contributed by atoms with Crippen LogP contribution in [0.1, 0.15) is 25.7 Å². The zero-order valence-electron chi connectivity index (χ0n) is 11.6. The van der Waals surface area contributed by atoms with Crippen LogP contribution in [0.25, 0.3) is 17.0 Å². The van der Waals surface area contributed by atoms with Crippen LogP contribution in [0.2, 0.25) is 0 Å². The summed E-state index contributed by atoms with van der Waals surface area (Å²) in [7, 11) is 0. The van der Waals surface area contributed by atoms with Gasteiger partial charge in [0, 0.05) is 24.5 Å². The average Bonchev–Trinajstić information content (AvgIpc) is 3.17. The van der Waals surface area contributed by atoms with Gasteiger partial charge in [-0.3, -0.25) is 0 Å². The first kappa shape index (κ1) is 12.3. The second-order valence-corrected chi connectivity index (χ2v) is 5.34. The lowest BCUT2D eigenvalue weighted by atomic mass is 10.2. The largest absolute Gasteiger partial charge is 0.351 e. The number of rotatable bonds is 3. The van der Waals surface area contributed by atoms with Crippen molar-refractivity contribution in [3.8, 4) is 11.4 Å². The monoisotopic (exact) mass is 280 g/mol. The van der Waals surface area contributed by atoms with Crippen molar-refractivity contribution < 1.29 is 0 Å². The molecule has 1 aliphatic rings. The van der Waals surface area contributed by atoms with Crippen LogP contribution in [0, 0.1) is 0 Å². The molecule has 0 aliphatic heterocycles. The molecule has 0 unspecified atom stereocenters. The molecule has 0 radical (unpaired) electrons. The molecule has 3 heterocycles. The summed E-state index contributed by atoms with van der Waals surface area (Å²) in [5.74, 6) is 0.689. The zero-order valence-corrected chi connectivity index (χ0v) is 11.6.